The molecule has 2 rings (SSSR count). The highest BCUT2D eigenvalue weighted by Crippen LogP contribution is 2.27. The van der Waals surface area contributed by atoms with E-state index in [1.165, 1.54) is 19.1 Å². The van der Waals surface area contributed by atoms with Crippen LogP contribution < -0.4 is 0 Å². The maximum Gasteiger partial charge on any atom is 0.278 e. The number of benzene rings is 1. The van der Waals surface area contributed by atoms with Gasteiger partial charge < -0.3 is 14.8 Å². The zero-order chi connectivity index (χ0) is 11.7. The molecule has 1 heterocycles. The number of nitrogens with zero attached hydrogens (tertiary/aromatic N) is 2. The summed E-state index contributed by atoms with van der Waals surface area (Å²) >= 11 is 0. The standard InChI is InChI=1S/C11H12N2O3/c1-13-10(14)8-6-4-3-5-7(8)9(11(13)15)12-16-2/h3-6,10,14H,1-2H3. The minimum Gasteiger partial charge on any atom is -0.398 e. The van der Waals surface area contributed by atoms with Crippen LogP contribution in [0.25, 0.3) is 0 Å². The Morgan fingerprint density at radius 2 is 2.12 bits per heavy atom. The van der Waals surface area contributed by atoms with E-state index >= 15 is 0 Å². The number of oxime groups is 1. The second kappa shape index (κ2) is 3.94. The van der Waals surface area contributed by atoms with Crippen LogP contribution in [0.3, 0.4) is 0 Å². The predicted octanol–water partition coefficient (Wildman–Crippen LogP) is 0.500. The number of aliphatic hydroxyl groups excluding tert-OH is 1. The van der Waals surface area contributed by atoms with E-state index in [0.29, 0.717) is 11.1 Å². The molecule has 1 N–H and O–H groups in total. The smallest absolute Gasteiger partial charge is 0.278 e. The third-order valence-electron chi connectivity index (χ3n) is 2.57. The van der Waals surface area contributed by atoms with Gasteiger partial charge in [0.15, 0.2) is 11.9 Å². The normalized spacial score (nSPS) is 22.2. The summed E-state index contributed by atoms with van der Waals surface area (Å²) < 4.78 is 0. The van der Waals surface area contributed by atoms with E-state index in [-0.39, 0.29) is 11.6 Å². The van der Waals surface area contributed by atoms with Crippen molar-refractivity contribution >= 4 is 11.6 Å². The molecule has 0 bridgehead atoms. The number of carbonyl (C=O) groups is 1. The molecule has 1 amide bonds. The first kappa shape index (κ1) is 10.6. The molecule has 1 aliphatic rings. The summed E-state index contributed by atoms with van der Waals surface area (Å²) in [5.74, 6) is -0.354. The molecule has 1 atom stereocenters. The van der Waals surface area contributed by atoms with Gasteiger partial charge in [0.05, 0.1) is 0 Å². The van der Waals surface area contributed by atoms with E-state index in [9.17, 15) is 9.90 Å². The van der Waals surface area contributed by atoms with E-state index in [4.69, 9.17) is 0 Å². The average Bonchev–Trinajstić information content (AvgIpc) is 2.32. The molecule has 1 aromatic rings. The number of carbonyl (C=O) groups excluding carboxylic acids is 1. The van der Waals surface area contributed by atoms with Gasteiger partial charge >= 0.3 is 0 Å². The second-order valence-corrected chi connectivity index (χ2v) is 3.50. The summed E-state index contributed by atoms with van der Waals surface area (Å²) in [5, 5.41) is 13.6. The van der Waals surface area contributed by atoms with Gasteiger partial charge in [0, 0.05) is 18.2 Å². The fourth-order valence-corrected chi connectivity index (χ4v) is 1.72. The lowest BCUT2D eigenvalue weighted by Crippen LogP contribution is -2.42. The molecule has 0 saturated carbocycles. The zero-order valence-electron chi connectivity index (χ0n) is 9.04. The highest BCUT2D eigenvalue weighted by Gasteiger charge is 2.33. The van der Waals surface area contributed by atoms with E-state index in [2.05, 4.69) is 9.99 Å². The van der Waals surface area contributed by atoms with Crippen molar-refractivity contribution in [2.75, 3.05) is 14.2 Å². The Kier molecular flexibility index (Phi) is 2.62. The lowest BCUT2D eigenvalue weighted by atomic mass is 9.96. The van der Waals surface area contributed by atoms with Gasteiger partial charge in [-0.05, 0) is 0 Å². The van der Waals surface area contributed by atoms with Crippen LogP contribution in [0.15, 0.2) is 29.4 Å². The zero-order valence-corrected chi connectivity index (χ0v) is 9.04. The van der Waals surface area contributed by atoms with Crippen molar-refractivity contribution in [1.29, 1.82) is 0 Å². The first-order chi connectivity index (χ1) is 7.66. The van der Waals surface area contributed by atoms with E-state index in [0.717, 1.165) is 0 Å². The van der Waals surface area contributed by atoms with Crippen LogP contribution in [-0.2, 0) is 9.63 Å². The molecule has 0 fully saturated rings. The van der Waals surface area contributed by atoms with Crippen molar-refractivity contribution in [1.82, 2.24) is 4.90 Å². The van der Waals surface area contributed by atoms with Gasteiger partial charge in [-0.15, -0.1) is 0 Å². The SMILES string of the molecule is CON=C1C(=O)N(C)C(O)c2ccccc21. The monoisotopic (exact) mass is 220 g/mol. The molecule has 84 valence electrons. The molecule has 1 aromatic carbocycles. The highest BCUT2D eigenvalue weighted by atomic mass is 16.6. The number of likely N-dealkylation sites (N-methyl/N-ethyl adjacent to an activating group) is 1. The van der Waals surface area contributed by atoms with Crippen LogP contribution in [0.1, 0.15) is 17.4 Å². The number of fused-ring (bicyclic) bond motifs is 1. The summed E-state index contributed by atoms with van der Waals surface area (Å²) in [6, 6.07) is 7.08. The molecule has 16 heavy (non-hydrogen) atoms. The van der Waals surface area contributed by atoms with Gasteiger partial charge in [-0.2, -0.15) is 0 Å². The summed E-state index contributed by atoms with van der Waals surface area (Å²) in [6.07, 6.45) is -0.931. The maximum atomic E-state index is 11.8. The van der Waals surface area contributed by atoms with Crippen LogP contribution in [-0.4, -0.2) is 35.8 Å². The van der Waals surface area contributed by atoms with Crippen molar-refractivity contribution in [2.24, 2.45) is 5.16 Å². The molecular formula is C11H12N2O3. The van der Waals surface area contributed by atoms with Crippen LogP contribution >= 0.6 is 0 Å². The van der Waals surface area contributed by atoms with Crippen molar-refractivity contribution in [2.45, 2.75) is 6.23 Å². The van der Waals surface area contributed by atoms with Crippen LogP contribution in [0, 0.1) is 0 Å². The quantitative estimate of drug-likeness (QED) is 0.701. The van der Waals surface area contributed by atoms with Crippen molar-refractivity contribution < 1.29 is 14.7 Å². The number of aliphatic hydroxyl groups is 1. The molecule has 0 aromatic heterocycles. The number of hydrogen-bond acceptors (Lipinski definition) is 4. The van der Waals surface area contributed by atoms with E-state index in [1.54, 1.807) is 24.3 Å². The third kappa shape index (κ3) is 1.45. The second-order valence-electron chi connectivity index (χ2n) is 3.50. The van der Waals surface area contributed by atoms with Gasteiger partial charge in [-0.25, -0.2) is 0 Å². The van der Waals surface area contributed by atoms with Crippen LogP contribution in [0.2, 0.25) is 0 Å². The lowest BCUT2D eigenvalue weighted by molar-refractivity contribution is -0.132. The average molecular weight is 220 g/mol. The Bertz CT molecular complexity index is 456. The Morgan fingerprint density at radius 1 is 1.44 bits per heavy atom. The number of hydrogen-bond donors (Lipinski definition) is 1. The number of amides is 1. The molecule has 0 spiro atoms. The summed E-state index contributed by atoms with van der Waals surface area (Å²) in [6.45, 7) is 0. The molecule has 5 heteroatoms. The van der Waals surface area contributed by atoms with Crippen molar-refractivity contribution in [3.63, 3.8) is 0 Å². The van der Waals surface area contributed by atoms with Gasteiger partial charge in [0.25, 0.3) is 5.91 Å². The maximum absolute atomic E-state index is 11.8. The summed E-state index contributed by atoms with van der Waals surface area (Å²) in [4.78, 5) is 17.7. The Morgan fingerprint density at radius 3 is 2.81 bits per heavy atom. The van der Waals surface area contributed by atoms with E-state index < -0.39 is 6.23 Å². The van der Waals surface area contributed by atoms with Gasteiger partial charge in [-0.3, -0.25) is 4.79 Å². The van der Waals surface area contributed by atoms with Gasteiger partial charge in [0.1, 0.15) is 7.11 Å². The van der Waals surface area contributed by atoms with Gasteiger partial charge in [0.2, 0.25) is 0 Å². The fraction of sp³-hybridized carbons (Fsp3) is 0.273. The molecule has 0 radical (unpaired) electrons. The van der Waals surface area contributed by atoms with Crippen molar-refractivity contribution in [3.8, 4) is 0 Å². The molecule has 1 aliphatic heterocycles. The van der Waals surface area contributed by atoms with Gasteiger partial charge in [-0.1, -0.05) is 29.4 Å². The molecule has 0 aliphatic carbocycles. The van der Waals surface area contributed by atoms with Crippen LogP contribution in [0.4, 0.5) is 0 Å². The van der Waals surface area contributed by atoms with E-state index in [1.807, 2.05) is 0 Å². The van der Waals surface area contributed by atoms with Crippen molar-refractivity contribution in [3.05, 3.63) is 35.4 Å². The first-order valence-corrected chi connectivity index (χ1v) is 4.82. The molecule has 5 nitrogen and oxygen atoms in total. The Hall–Kier alpha value is -1.88. The minimum atomic E-state index is -0.931. The number of rotatable bonds is 1. The fourth-order valence-electron chi connectivity index (χ4n) is 1.72. The predicted molar refractivity (Wildman–Crippen MR) is 57.7 cm³/mol. The topological polar surface area (TPSA) is 62.1 Å². The molecular weight excluding hydrogens is 208 g/mol. The molecule has 0 saturated heterocycles. The molecule has 1 unspecified atom stereocenters. The first-order valence-electron chi connectivity index (χ1n) is 4.82. The third-order valence-corrected chi connectivity index (χ3v) is 2.57. The summed E-state index contributed by atoms with van der Waals surface area (Å²) in [5.41, 5.74) is 1.48. The largest absolute Gasteiger partial charge is 0.398 e. The minimum absolute atomic E-state index is 0.214. The summed E-state index contributed by atoms with van der Waals surface area (Å²) in [7, 11) is 2.90. The highest BCUT2D eigenvalue weighted by molar-refractivity contribution is 6.46. The Labute approximate surface area is 92.9 Å². The lowest BCUT2D eigenvalue weighted by Gasteiger charge is -2.30. The Balaban J connectivity index is 2.61. The van der Waals surface area contributed by atoms with Crippen LogP contribution in [0.5, 0.6) is 0 Å².